The van der Waals surface area contributed by atoms with Gasteiger partial charge in [-0.25, -0.2) is 4.79 Å². The van der Waals surface area contributed by atoms with Crippen LogP contribution in [0.15, 0.2) is 46.8 Å². The number of benzene rings is 1. The molecule has 3 rings (SSSR count). The van der Waals surface area contributed by atoms with E-state index in [2.05, 4.69) is 19.2 Å². The molecule has 1 aliphatic carbocycles. The van der Waals surface area contributed by atoms with E-state index in [1.165, 1.54) is 7.11 Å². The summed E-state index contributed by atoms with van der Waals surface area (Å²) < 4.78 is 5.04. The van der Waals surface area contributed by atoms with E-state index < -0.39 is 0 Å². The van der Waals surface area contributed by atoms with Crippen molar-refractivity contribution in [2.75, 3.05) is 7.11 Å². The summed E-state index contributed by atoms with van der Waals surface area (Å²) in [5.74, 6) is -0.642. The van der Waals surface area contributed by atoms with Gasteiger partial charge in [-0.1, -0.05) is 38.1 Å². The molecule has 0 spiro atoms. The number of hydrogen-bond acceptors (Lipinski definition) is 4. The van der Waals surface area contributed by atoms with Crippen LogP contribution in [0.25, 0.3) is 0 Å². The first-order valence-electron chi connectivity index (χ1n) is 8.63. The van der Waals surface area contributed by atoms with Crippen LogP contribution in [0.1, 0.15) is 50.7 Å². The monoisotopic (exact) mass is 339 g/mol. The Morgan fingerprint density at radius 2 is 1.88 bits per heavy atom. The number of Topliss-reactive ketones (excluding diaryl/α,β-unsaturated/α-hetero) is 1. The summed E-state index contributed by atoms with van der Waals surface area (Å²) in [5, 5.41) is 3.33. The lowest BCUT2D eigenvalue weighted by molar-refractivity contribution is -0.136. The summed E-state index contributed by atoms with van der Waals surface area (Å²) in [4.78, 5) is 25.6. The minimum Gasteiger partial charge on any atom is -0.466 e. The number of allylic oxidation sites excluding steroid dienone is 3. The first kappa shape index (κ1) is 17.5. The van der Waals surface area contributed by atoms with Gasteiger partial charge >= 0.3 is 5.97 Å². The summed E-state index contributed by atoms with van der Waals surface area (Å²) in [6, 6.07) is 7.93. The van der Waals surface area contributed by atoms with Gasteiger partial charge in [0.05, 0.1) is 12.7 Å². The van der Waals surface area contributed by atoms with Crippen LogP contribution in [0.5, 0.6) is 0 Å². The van der Waals surface area contributed by atoms with Gasteiger partial charge in [-0.3, -0.25) is 4.79 Å². The number of hydrogen-bond donors (Lipinski definition) is 1. The number of aryl methyl sites for hydroxylation is 1. The lowest BCUT2D eigenvalue weighted by atomic mass is 9.68. The van der Waals surface area contributed by atoms with E-state index >= 15 is 0 Å². The van der Waals surface area contributed by atoms with Crippen molar-refractivity contribution in [2.24, 2.45) is 5.41 Å². The molecule has 4 nitrogen and oxygen atoms in total. The maximum absolute atomic E-state index is 13.0. The van der Waals surface area contributed by atoms with Gasteiger partial charge in [-0.2, -0.15) is 0 Å². The molecule has 0 bridgehead atoms. The topological polar surface area (TPSA) is 55.4 Å². The molecule has 1 aromatic rings. The van der Waals surface area contributed by atoms with Crippen LogP contribution < -0.4 is 5.32 Å². The molecule has 0 saturated carbocycles. The minimum absolute atomic E-state index is 0.0811. The Kier molecular flexibility index (Phi) is 4.31. The molecule has 0 aromatic heterocycles. The molecule has 1 unspecified atom stereocenters. The van der Waals surface area contributed by atoms with Crippen LogP contribution >= 0.6 is 0 Å². The van der Waals surface area contributed by atoms with Gasteiger partial charge in [0.1, 0.15) is 0 Å². The summed E-state index contributed by atoms with van der Waals surface area (Å²) >= 11 is 0. The fourth-order valence-corrected chi connectivity index (χ4v) is 4.04. The van der Waals surface area contributed by atoms with E-state index in [1.54, 1.807) is 0 Å². The lowest BCUT2D eigenvalue weighted by Gasteiger charge is -2.39. The van der Waals surface area contributed by atoms with Crippen LogP contribution in [0.4, 0.5) is 0 Å². The summed E-state index contributed by atoms with van der Waals surface area (Å²) in [6.45, 7) is 8.11. The largest absolute Gasteiger partial charge is 0.466 e. The van der Waals surface area contributed by atoms with Gasteiger partial charge in [-0.15, -0.1) is 0 Å². The zero-order valence-electron chi connectivity index (χ0n) is 15.5. The highest BCUT2D eigenvalue weighted by atomic mass is 16.5. The second-order valence-electron chi connectivity index (χ2n) is 7.78. The van der Waals surface area contributed by atoms with Crippen molar-refractivity contribution in [3.63, 3.8) is 0 Å². The average molecular weight is 339 g/mol. The number of nitrogens with one attached hydrogen (secondary N) is 1. The number of ketones is 1. The predicted octanol–water partition coefficient (Wildman–Crippen LogP) is 3.77. The molecule has 2 aliphatic rings. The van der Waals surface area contributed by atoms with Crippen LogP contribution in [0.2, 0.25) is 0 Å². The molecule has 132 valence electrons. The molecular formula is C21H25NO3. The second kappa shape index (κ2) is 6.17. The smallest absolute Gasteiger partial charge is 0.336 e. The minimum atomic E-state index is -0.387. The highest BCUT2D eigenvalue weighted by Gasteiger charge is 2.43. The molecule has 0 amide bonds. The van der Waals surface area contributed by atoms with Crippen molar-refractivity contribution in [3.8, 4) is 0 Å². The zero-order valence-corrected chi connectivity index (χ0v) is 15.5. The molecule has 0 fully saturated rings. The first-order valence-corrected chi connectivity index (χ1v) is 8.63. The summed E-state index contributed by atoms with van der Waals surface area (Å²) in [6.07, 6.45) is 1.28. The van der Waals surface area contributed by atoms with Gasteiger partial charge in [0.2, 0.25) is 0 Å². The van der Waals surface area contributed by atoms with E-state index in [4.69, 9.17) is 4.74 Å². The fraction of sp³-hybridized carbons (Fsp3) is 0.429. The number of esters is 1. The maximum Gasteiger partial charge on any atom is 0.336 e. The normalized spacial score (nSPS) is 22.4. The Hall–Kier alpha value is -2.36. The molecule has 1 N–H and O–H groups in total. The Bertz CT molecular complexity index is 814. The molecule has 1 atom stereocenters. The SMILES string of the molecule is COC(=O)C1=C(C)NC2=C(C(=O)CC(C)(C)C2)C1c1ccccc1C. The van der Waals surface area contributed by atoms with Crippen LogP contribution in [0.3, 0.4) is 0 Å². The van der Waals surface area contributed by atoms with Crippen LogP contribution in [-0.2, 0) is 14.3 Å². The average Bonchev–Trinajstić information content (AvgIpc) is 2.52. The zero-order chi connectivity index (χ0) is 18.4. The standard InChI is InChI=1S/C21H25NO3/c1-12-8-6-7-9-14(12)18-17(20(24)25-5)13(2)22-15-10-21(3,4)11-16(23)19(15)18/h6-9,18,22H,10-11H2,1-5H3. The van der Waals surface area contributed by atoms with Gasteiger partial charge in [-0.05, 0) is 36.8 Å². The lowest BCUT2D eigenvalue weighted by Crippen LogP contribution is -2.38. The Morgan fingerprint density at radius 1 is 1.20 bits per heavy atom. The number of dihydropyridines is 1. The quantitative estimate of drug-likeness (QED) is 0.833. The summed E-state index contributed by atoms with van der Waals surface area (Å²) in [7, 11) is 1.38. The third-order valence-corrected chi connectivity index (χ3v) is 5.14. The van der Waals surface area contributed by atoms with Crippen LogP contribution in [-0.4, -0.2) is 18.9 Å². The van der Waals surface area contributed by atoms with E-state index in [0.717, 1.165) is 34.5 Å². The van der Waals surface area contributed by atoms with Crippen molar-refractivity contribution < 1.29 is 14.3 Å². The van der Waals surface area contributed by atoms with Gasteiger partial charge in [0, 0.05) is 29.3 Å². The van der Waals surface area contributed by atoms with E-state index in [-0.39, 0.29) is 23.1 Å². The first-order chi connectivity index (χ1) is 11.7. The van der Waals surface area contributed by atoms with Crippen molar-refractivity contribution in [1.29, 1.82) is 0 Å². The molecule has 1 heterocycles. The summed E-state index contributed by atoms with van der Waals surface area (Å²) in [5.41, 5.74) is 4.94. The predicted molar refractivity (Wildman–Crippen MR) is 96.8 cm³/mol. The van der Waals surface area contributed by atoms with Gasteiger partial charge in [0.25, 0.3) is 0 Å². The highest BCUT2D eigenvalue weighted by molar-refractivity contribution is 6.04. The van der Waals surface area contributed by atoms with E-state index in [9.17, 15) is 9.59 Å². The highest BCUT2D eigenvalue weighted by Crippen LogP contribution is 2.47. The van der Waals surface area contributed by atoms with Crippen molar-refractivity contribution in [3.05, 3.63) is 57.9 Å². The molecule has 4 heteroatoms. The Balaban J connectivity index is 2.24. The van der Waals surface area contributed by atoms with Gasteiger partial charge in [0.15, 0.2) is 5.78 Å². The molecule has 0 radical (unpaired) electrons. The molecule has 0 saturated heterocycles. The van der Waals surface area contributed by atoms with Crippen molar-refractivity contribution in [1.82, 2.24) is 5.32 Å². The van der Waals surface area contributed by atoms with E-state index in [1.807, 2.05) is 38.1 Å². The number of carbonyl (C=O) groups is 2. The molecule has 1 aromatic carbocycles. The Labute approximate surface area is 149 Å². The fourth-order valence-electron chi connectivity index (χ4n) is 4.04. The van der Waals surface area contributed by atoms with Gasteiger partial charge < -0.3 is 10.1 Å². The number of carbonyl (C=O) groups excluding carboxylic acids is 2. The number of methoxy groups -OCH3 is 1. The third kappa shape index (κ3) is 3.01. The van der Waals surface area contributed by atoms with Crippen molar-refractivity contribution in [2.45, 2.75) is 46.5 Å². The Morgan fingerprint density at radius 3 is 2.52 bits per heavy atom. The van der Waals surface area contributed by atoms with Crippen LogP contribution in [0, 0.1) is 12.3 Å². The number of ether oxygens (including phenoxy) is 1. The maximum atomic E-state index is 13.0. The third-order valence-electron chi connectivity index (χ3n) is 5.14. The number of rotatable bonds is 2. The van der Waals surface area contributed by atoms with Crippen molar-refractivity contribution >= 4 is 11.8 Å². The molecule has 1 aliphatic heterocycles. The second-order valence-corrected chi connectivity index (χ2v) is 7.78. The molecule has 25 heavy (non-hydrogen) atoms. The van der Waals surface area contributed by atoms with E-state index in [0.29, 0.717) is 12.0 Å². The molecular weight excluding hydrogens is 314 g/mol.